The molecule has 2 aromatic rings. The van der Waals surface area contributed by atoms with E-state index >= 15 is 0 Å². The zero-order valence-electron chi connectivity index (χ0n) is 12.8. The van der Waals surface area contributed by atoms with Crippen LogP contribution < -0.4 is 5.32 Å². The lowest BCUT2D eigenvalue weighted by Crippen LogP contribution is -2.55. The van der Waals surface area contributed by atoms with E-state index in [-0.39, 0.29) is 18.7 Å². The molecule has 2 aromatic heterocycles. The minimum absolute atomic E-state index is 0.0311. The summed E-state index contributed by atoms with van der Waals surface area (Å²) in [5.74, 6) is 0.0271. The fourth-order valence-electron chi connectivity index (χ4n) is 2.83. The molecule has 23 heavy (non-hydrogen) atoms. The highest BCUT2D eigenvalue weighted by molar-refractivity contribution is 7.08. The SMILES string of the molecule is Cc1oc(-c2ccsc2)nc1CC(=O)NC1(CC(=O)O)CCC1. The summed E-state index contributed by atoms with van der Waals surface area (Å²) in [5.41, 5.74) is 0.899. The van der Waals surface area contributed by atoms with E-state index in [0.29, 0.717) is 30.2 Å². The molecule has 0 unspecified atom stereocenters. The van der Waals surface area contributed by atoms with Gasteiger partial charge in [0.15, 0.2) is 0 Å². The van der Waals surface area contributed by atoms with Crippen LogP contribution in [-0.4, -0.2) is 27.5 Å². The Hall–Kier alpha value is -2.15. The monoisotopic (exact) mass is 334 g/mol. The number of hydrogen-bond acceptors (Lipinski definition) is 5. The van der Waals surface area contributed by atoms with E-state index in [1.807, 2.05) is 16.8 Å². The third-order valence-corrected chi connectivity index (χ3v) is 4.88. The van der Waals surface area contributed by atoms with E-state index < -0.39 is 11.5 Å². The van der Waals surface area contributed by atoms with Crippen LogP contribution in [-0.2, 0) is 16.0 Å². The number of carbonyl (C=O) groups is 2. The average Bonchev–Trinajstić information content (AvgIpc) is 3.06. The standard InChI is InChI=1S/C16H18N2O4S/c1-10-12(17-15(22-10)11-3-6-23-9-11)7-13(19)18-16(4-2-5-16)8-14(20)21/h3,6,9H,2,4-5,7-8H2,1H3,(H,18,19)(H,20,21). The highest BCUT2D eigenvalue weighted by Crippen LogP contribution is 2.35. The number of aromatic nitrogens is 1. The number of nitrogens with one attached hydrogen (secondary N) is 1. The number of carbonyl (C=O) groups excluding carboxylic acids is 1. The van der Waals surface area contributed by atoms with Crippen LogP contribution in [0.5, 0.6) is 0 Å². The average molecular weight is 334 g/mol. The molecular weight excluding hydrogens is 316 g/mol. The second-order valence-electron chi connectivity index (χ2n) is 5.96. The topological polar surface area (TPSA) is 92.4 Å². The van der Waals surface area contributed by atoms with Crippen molar-refractivity contribution < 1.29 is 19.1 Å². The first kappa shape index (κ1) is 15.7. The van der Waals surface area contributed by atoms with Gasteiger partial charge in [0.2, 0.25) is 11.8 Å². The van der Waals surface area contributed by atoms with Crippen molar-refractivity contribution in [1.29, 1.82) is 0 Å². The van der Waals surface area contributed by atoms with Gasteiger partial charge in [-0.1, -0.05) is 0 Å². The van der Waals surface area contributed by atoms with Gasteiger partial charge in [0.1, 0.15) is 5.76 Å². The molecule has 0 radical (unpaired) electrons. The molecule has 2 N–H and O–H groups in total. The van der Waals surface area contributed by atoms with Gasteiger partial charge < -0.3 is 14.8 Å². The number of amides is 1. The number of thiophene rings is 1. The Balaban J connectivity index is 1.67. The van der Waals surface area contributed by atoms with Crippen molar-refractivity contribution in [2.45, 2.75) is 44.6 Å². The molecule has 1 aliphatic carbocycles. The predicted octanol–water partition coefficient (Wildman–Crippen LogP) is 2.77. The van der Waals surface area contributed by atoms with Crippen molar-refractivity contribution >= 4 is 23.2 Å². The maximum atomic E-state index is 12.3. The molecule has 0 aromatic carbocycles. The second kappa shape index (κ2) is 6.16. The van der Waals surface area contributed by atoms with Crippen LogP contribution in [0.1, 0.15) is 37.1 Å². The lowest BCUT2D eigenvalue weighted by atomic mass is 9.74. The van der Waals surface area contributed by atoms with Gasteiger partial charge in [0.25, 0.3) is 0 Å². The Morgan fingerprint density at radius 3 is 2.83 bits per heavy atom. The minimum Gasteiger partial charge on any atom is -0.481 e. The zero-order valence-corrected chi connectivity index (χ0v) is 13.6. The van der Waals surface area contributed by atoms with Crippen molar-refractivity contribution in [2.75, 3.05) is 0 Å². The molecule has 122 valence electrons. The minimum atomic E-state index is -0.887. The van der Waals surface area contributed by atoms with Gasteiger partial charge in [-0.2, -0.15) is 11.3 Å². The fourth-order valence-corrected chi connectivity index (χ4v) is 3.46. The van der Waals surface area contributed by atoms with Gasteiger partial charge in [0.05, 0.1) is 24.1 Å². The van der Waals surface area contributed by atoms with Crippen molar-refractivity contribution in [3.05, 3.63) is 28.3 Å². The van der Waals surface area contributed by atoms with E-state index in [9.17, 15) is 9.59 Å². The van der Waals surface area contributed by atoms with Gasteiger partial charge in [-0.25, -0.2) is 4.98 Å². The van der Waals surface area contributed by atoms with Gasteiger partial charge in [-0.05, 0) is 37.6 Å². The van der Waals surface area contributed by atoms with Crippen molar-refractivity contribution in [2.24, 2.45) is 0 Å². The molecule has 1 fully saturated rings. The Labute approximate surface area is 137 Å². The number of rotatable bonds is 6. The lowest BCUT2D eigenvalue weighted by molar-refractivity contribution is -0.140. The first-order valence-corrected chi connectivity index (χ1v) is 8.43. The molecule has 6 nitrogen and oxygen atoms in total. The molecule has 1 saturated carbocycles. The smallest absolute Gasteiger partial charge is 0.305 e. The summed E-state index contributed by atoms with van der Waals surface area (Å²) in [6.07, 6.45) is 2.43. The van der Waals surface area contributed by atoms with Crippen LogP contribution in [0.25, 0.3) is 11.5 Å². The summed E-state index contributed by atoms with van der Waals surface area (Å²) >= 11 is 1.55. The van der Waals surface area contributed by atoms with E-state index in [0.717, 1.165) is 12.0 Å². The molecule has 0 atom stereocenters. The molecule has 1 aliphatic rings. The van der Waals surface area contributed by atoms with Crippen LogP contribution in [0.2, 0.25) is 0 Å². The highest BCUT2D eigenvalue weighted by Gasteiger charge is 2.40. The maximum Gasteiger partial charge on any atom is 0.305 e. The van der Waals surface area contributed by atoms with E-state index in [1.165, 1.54) is 0 Å². The maximum absolute atomic E-state index is 12.3. The van der Waals surface area contributed by atoms with Crippen LogP contribution in [0.15, 0.2) is 21.2 Å². The lowest BCUT2D eigenvalue weighted by Gasteiger charge is -2.41. The van der Waals surface area contributed by atoms with Gasteiger partial charge in [-0.3, -0.25) is 9.59 Å². The summed E-state index contributed by atoms with van der Waals surface area (Å²) in [6.45, 7) is 1.78. The molecule has 2 heterocycles. The molecule has 0 aliphatic heterocycles. The van der Waals surface area contributed by atoms with Crippen LogP contribution in [0.3, 0.4) is 0 Å². The van der Waals surface area contributed by atoms with Gasteiger partial charge >= 0.3 is 5.97 Å². The zero-order chi connectivity index (χ0) is 16.4. The van der Waals surface area contributed by atoms with Crippen LogP contribution >= 0.6 is 11.3 Å². The Kier molecular flexibility index (Phi) is 4.21. The number of aryl methyl sites for hydroxylation is 1. The number of carboxylic acid groups (broad SMARTS) is 1. The third-order valence-electron chi connectivity index (χ3n) is 4.19. The first-order valence-electron chi connectivity index (χ1n) is 7.49. The third kappa shape index (κ3) is 3.44. The summed E-state index contributed by atoms with van der Waals surface area (Å²) in [5, 5.41) is 15.7. The Morgan fingerprint density at radius 2 is 2.26 bits per heavy atom. The molecular formula is C16H18N2O4S. The largest absolute Gasteiger partial charge is 0.481 e. The summed E-state index contributed by atoms with van der Waals surface area (Å²) < 4.78 is 5.62. The van der Waals surface area contributed by atoms with Crippen molar-refractivity contribution in [1.82, 2.24) is 10.3 Å². The quantitative estimate of drug-likeness (QED) is 0.847. The number of aliphatic carboxylic acids is 1. The van der Waals surface area contributed by atoms with E-state index in [4.69, 9.17) is 9.52 Å². The molecule has 3 rings (SSSR count). The van der Waals surface area contributed by atoms with Gasteiger partial charge in [0, 0.05) is 10.9 Å². The summed E-state index contributed by atoms with van der Waals surface area (Å²) in [4.78, 5) is 27.6. The fraction of sp³-hybridized carbons (Fsp3) is 0.438. The number of hydrogen-bond donors (Lipinski definition) is 2. The molecule has 0 bridgehead atoms. The molecule has 7 heteroatoms. The summed E-state index contributed by atoms with van der Waals surface area (Å²) in [7, 11) is 0. The Morgan fingerprint density at radius 1 is 1.48 bits per heavy atom. The molecule has 1 amide bonds. The number of nitrogens with zero attached hydrogens (tertiary/aromatic N) is 1. The van der Waals surface area contributed by atoms with E-state index in [2.05, 4.69) is 10.3 Å². The van der Waals surface area contributed by atoms with Crippen LogP contribution in [0.4, 0.5) is 0 Å². The number of oxazole rings is 1. The first-order chi connectivity index (χ1) is 11.0. The summed E-state index contributed by atoms with van der Waals surface area (Å²) in [6, 6.07) is 1.91. The molecule has 0 spiro atoms. The van der Waals surface area contributed by atoms with Crippen LogP contribution in [0, 0.1) is 6.92 Å². The molecule has 0 saturated heterocycles. The van der Waals surface area contributed by atoms with Crippen molar-refractivity contribution in [3.63, 3.8) is 0 Å². The second-order valence-corrected chi connectivity index (χ2v) is 6.74. The predicted molar refractivity (Wildman–Crippen MR) is 85.2 cm³/mol. The van der Waals surface area contributed by atoms with Gasteiger partial charge in [-0.15, -0.1) is 0 Å². The Bertz CT molecular complexity index is 717. The number of carboxylic acids is 1. The van der Waals surface area contributed by atoms with E-state index in [1.54, 1.807) is 18.3 Å². The normalized spacial score (nSPS) is 15.9. The highest BCUT2D eigenvalue weighted by atomic mass is 32.1. The van der Waals surface area contributed by atoms with Crippen molar-refractivity contribution in [3.8, 4) is 11.5 Å².